The van der Waals surface area contributed by atoms with E-state index in [4.69, 9.17) is 0 Å². The number of fused-ring (bicyclic) bond motifs is 1. The molecule has 0 amide bonds. The summed E-state index contributed by atoms with van der Waals surface area (Å²) >= 11 is 1.60. The quantitative estimate of drug-likeness (QED) is 0.393. The molecule has 0 saturated heterocycles. The van der Waals surface area contributed by atoms with Gasteiger partial charge in [0.2, 0.25) is 0 Å². The first-order valence-electron chi connectivity index (χ1n) is 8.68. The van der Waals surface area contributed by atoms with Crippen LogP contribution in [0.5, 0.6) is 0 Å². The molecule has 3 heterocycles. The van der Waals surface area contributed by atoms with Crippen LogP contribution in [-0.4, -0.2) is 9.97 Å². The Morgan fingerprint density at radius 2 is 1.69 bits per heavy atom. The number of rotatable bonds is 2. The molecule has 26 heavy (non-hydrogen) atoms. The molecule has 0 spiro atoms. The molecule has 0 aliphatic heterocycles. The van der Waals surface area contributed by atoms with Crippen molar-refractivity contribution >= 4 is 22.4 Å². The third-order valence-electron chi connectivity index (χ3n) is 3.63. The number of aromatic amines is 1. The zero-order chi connectivity index (χ0) is 19.1. The fourth-order valence-corrected chi connectivity index (χ4v) is 3.29. The van der Waals surface area contributed by atoms with Gasteiger partial charge in [-0.2, -0.15) is 11.3 Å². The smallest absolute Gasteiger partial charge is 0.138 e. The van der Waals surface area contributed by atoms with Crippen molar-refractivity contribution in [3.05, 3.63) is 65.1 Å². The van der Waals surface area contributed by atoms with Crippen LogP contribution in [0.2, 0.25) is 0 Å². The van der Waals surface area contributed by atoms with Crippen LogP contribution in [0, 0.1) is 11.6 Å². The molecule has 136 valence electrons. The molecule has 0 radical (unpaired) electrons. The van der Waals surface area contributed by atoms with Crippen molar-refractivity contribution in [1.29, 1.82) is 0 Å². The van der Waals surface area contributed by atoms with E-state index in [1.807, 2.05) is 50.6 Å². The lowest BCUT2D eigenvalue weighted by Gasteiger charge is -2.06. The molecule has 0 fully saturated rings. The Kier molecular flexibility index (Phi) is 7.04. The van der Waals surface area contributed by atoms with E-state index in [9.17, 15) is 8.78 Å². The number of hydrogen-bond acceptors (Lipinski definition) is 2. The molecule has 5 heteroatoms. The highest BCUT2D eigenvalue weighted by Crippen LogP contribution is 2.37. The van der Waals surface area contributed by atoms with E-state index < -0.39 is 11.6 Å². The van der Waals surface area contributed by atoms with Crippen LogP contribution in [0.4, 0.5) is 8.78 Å². The van der Waals surface area contributed by atoms with Crippen LogP contribution < -0.4 is 0 Å². The van der Waals surface area contributed by atoms with Gasteiger partial charge in [0.05, 0.1) is 0 Å². The Bertz CT molecular complexity index is 959. The Balaban J connectivity index is 0.000000570. The van der Waals surface area contributed by atoms with Gasteiger partial charge in [-0.3, -0.25) is 0 Å². The minimum atomic E-state index is -0.586. The van der Waals surface area contributed by atoms with Gasteiger partial charge in [0.1, 0.15) is 17.3 Å². The summed E-state index contributed by atoms with van der Waals surface area (Å²) in [6, 6.07) is 7.53. The number of halogens is 2. The predicted molar refractivity (Wildman–Crippen MR) is 107 cm³/mol. The summed E-state index contributed by atoms with van der Waals surface area (Å²) in [6.07, 6.45) is 3.43. The predicted octanol–water partition coefficient (Wildman–Crippen LogP) is 7.29. The Morgan fingerprint density at radius 1 is 0.923 bits per heavy atom. The summed E-state index contributed by atoms with van der Waals surface area (Å²) in [7, 11) is 0. The SMILES string of the molecule is CC.CC.Fc1ccc(-c2c[nH]c3nccc(-c4ccsc4)c23)c(F)c1. The van der Waals surface area contributed by atoms with E-state index in [1.165, 1.54) is 12.1 Å². The molecule has 3 aromatic heterocycles. The van der Waals surface area contributed by atoms with Crippen LogP contribution >= 0.6 is 11.3 Å². The lowest BCUT2D eigenvalue weighted by Crippen LogP contribution is -1.87. The second-order valence-corrected chi connectivity index (χ2v) is 5.70. The highest BCUT2D eigenvalue weighted by atomic mass is 32.1. The highest BCUT2D eigenvalue weighted by molar-refractivity contribution is 7.08. The third kappa shape index (κ3) is 3.83. The van der Waals surface area contributed by atoms with Crippen molar-refractivity contribution < 1.29 is 8.78 Å². The number of thiophene rings is 1. The van der Waals surface area contributed by atoms with Gasteiger partial charge in [-0.25, -0.2) is 13.8 Å². The van der Waals surface area contributed by atoms with Crippen LogP contribution in [0.3, 0.4) is 0 Å². The summed E-state index contributed by atoms with van der Waals surface area (Å²) in [5.74, 6) is -1.17. The first-order valence-corrected chi connectivity index (χ1v) is 9.62. The van der Waals surface area contributed by atoms with Gasteiger partial charge in [-0.05, 0) is 46.2 Å². The number of H-pyrrole nitrogens is 1. The fraction of sp³-hybridized carbons (Fsp3) is 0.190. The fourth-order valence-electron chi connectivity index (χ4n) is 2.64. The summed E-state index contributed by atoms with van der Waals surface area (Å²) in [6.45, 7) is 8.00. The van der Waals surface area contributed by atoms with Crippen LogP contribution in [0.1, 0.15) is 27.7 Å². The van der Waals surface area contributed by atoms with Gasteiger partial charge < -0.3 is 4.98 Å². The molecule has 4 aromatic rings. The number of hydrogen-bond donors (Lipinski definition) is 1. The van der Waals surface area contributed by atoms with E-state index in [0.717, 1.165) is 22.6 Å². The molecular weight excluding hydrogens is 350 g/mol. The van der Waals surface area contributed by atoms with Crippen molar-refractivity contribution in [2.45, 2.75) is 27.7 Å². The molecule has 1 aromatic carbocycles. The summed E-state index contributed by atoms with van der Waals surface area (Å²) in [4.78, 5) is 7.36. The topological polar surface area (TPSA) is 28.7 Å². The lowest BCUT2D eigenvalue weighted by atomic mass is 9.99. The molecule has 4 rings (SSSR count). The first kappa shape index (κ1) is 19.8. The minimum absolute atomic E-state index is 0.358. The lowest BCUT2D eigenvalue weighted by molar-refractivity contribution is 0.585. The summed E-state index contributed by atoms with van der Waals surface area (Å²) < 4.78 is 27.3. The number of nitrogens with one attached hydrogen (secondary N) is 1. The second kappa shape index (κ2) is 9.25. The van der Waals surface area contributed by atoms with Gasteiger partial charge in [-0.15, -0.1) is 0 Å². The van der Waals surface area contributed by atoms with Crippen molar-refractivity contribution in [3.8, 4) is 22.3 Å². The average Bonchev–Trinajstić information content (AvgIpc) is 3.35. The van der Waals surface area contributed by atoms with Gasteiger partial charge in [0, 0.05) is 35.0 Å². The van der Waals surface area contributed by atoms with Crippen molar-refractivity contribution in [2.75, 3.05) is 0 Å². The van der Waals surface area contributed by atoms with Gasteiger partial charge >= 0.3 is 0 Å². The monoisotopic (exact) mass is 372 g/mol. The largest absolute Gasteiger partial charge is 0.345 e. The molecule has 0 saturated carbocycles. The highest BCUT2D eigenvalue weighted by Gasteiger charge is 2.16. The van der Waals surface area contributed by atoms with Gasteiger partial charge in [-0.1, -0.05) is 27.7 Å². The van der Waals surface area contributed by atoms with Crippen LogP contribution in [0.25, 0.3) is 33.3 Å². The Labute approximate surface area is 156 Å². The maximum absolute atomic E-state index is 14.1. The van der Waals surface area contributed by atoms with Crippen molar-refractivity contribution in [2.24, 2.45) is 0 Å². The van der Waals surface area contributed by atoms with E-state index in [2.05, 4.69) is 9.97 Å². The molecule has 0 bridgehead atoms. The molecule has 1 N–H and O–H groups in total. The molecule has 0 aliphatic rings. The Hall–Kier alpha value is -2.53. The molecule has 2 nitrogen and oxygen atoms in total. The zero-order valence-corrected chi connectivity index (χ0v) is 16.1. The maximum Gasteiger partial charge on any atom is 0.138 e. The summed E-state index contributed by atoms with van der Waals surface area (Å²) in [5, 5.41) is 4.87. The minimum Gasteiger partial charge on any atom is -0.345 e. The van der Waals surface area contributed by atoms with Crippen molar-refractivity contribution in [1.82, 2.24) is 9.97 Å². The number of benzene rings is 1. The molecule has 0 atom stereocenters. The van der Waals surface area contributed by atoms with Gasteiger partial charge in [0.15, 0.2) is 0 Å². The second-order valence-electron chi connectivity index (χ2n) is 4.92. The number of aromatic nitrogens is 2. The van der Waals surface area contributed by atoms with E-state index >= 15 is 0 Å². The van der Waals surface area contributed by atoms with Crippen LogP contribution in [0.15, 0.2) is 53.5 Å². The Morgan fingerprint density at radius 3 is 2.35 bits per heavy atom. The van der Waals surface area contributed by atoms with Crippen LogP contribution in [-0.2, 0) is 0 Å². The third-order valence-corrected chi connectivity index (χ3v) is 4.31. The normalized spacial score (nSPS) is 9.92. The summed E-state index contributed by atoms with van der Waals surface area (Å²) in [5.41, 5.74) is 3.76. The van der Waals surface area contributed by atoms with E-state index in [-0.39, 0.29) is 0 Å². The number of nitrogens with zero attached hydrogens (tertiary/aromatic N) is 1. The molecule has 0 unspecified atom stereocenters. The standard InChI is InChI=1S/C17H10F2N2S.2C2H6/c18-11-1-2-13(15(19)7-11)14-8-21-17-16(14)12(3-5-20-17)10-4-6-22-9-10;2*1-2/h1-9H,(H,20,21);2*1-2H3. The van der Waals surface area contributed by atoms with Gasteiger partial charge in [0.25, 0.3) is 0 Å². The zero-order valence-electron chi connectivity index (χ0n) is 15.3. The first-order chi connectivity index (χ1) is 12.7. The molecule has 0 aliphatic carbocycles. The number of pyridine rings is 1. The van der Waals surface area contributed by atoms with Crippen molar-refractivity contribution in [3.63, 3.8) is 0 Å². The molecular formula is C21H22F2N2S. The van der Waals surface area contributed by atoms with E-state index in [1.54, 1.807) is 23.7 Å². The maximum atomic E-state index is 14.1. The van der Waals surface area contributed by atoms with E-state index in [0.29, 0.717) is 16.8 Å². The average molecular weight is 372 g/mol.